The average molecular weight is 264 g/mol. The van der Waals surface area contributed by atoms with Crippen LogP contribution in [0.3, 0.4) is 0 Å². The molecule has 1 aliphatic rings. The molecule has 1 heterocycles. The van der Waals surface area contributed by atoms with Gasteiger partial charge >= 0.3 is 0 Å². The summed E-state index contributed by atoms with van der Waals surface area (Å²) >= 11 is 0. The summed E-state index contributed by atoms with van der Waals surface area (Å²) < 4.78 is 28.2. The number of benzene rings is 1. The van der Waals surface area contributed by atoms with Crippen LogP contribution in [-0.4, -0.2) is 28.3 Å². The van der Waals surface area contributed by atoms with Crippen LogP contribution in [0.5, 0.6) is 5.75 Å². The van der Waals surface area contributed by atoms with Gasteiger partial charge in [-0.25, -0.2) is 8.42 Å². The fraction of sp³-hybridized carbons (Fsp3) is 0.400. The largest absolute Gasteiger partial charge is 0.495 e. The maximum Gasteiger partial charge on any atom is 0.179 e. The number of hydrogen-bond donors (Lipinski definition) is 1. The van der Waals surface area contributed by atoms with Crippen LogP contribution >= 0.6 is 12.4 Å². The zero-order valence-electron chi connectivity index (χ0n) is 9.11. The molecule has 0 aromatic heterocycles. The highest BCUT2D eigenvalue weighted by Gasteiger charge is 2.22. The second-order valence-corrected chi connectivity index (χ2v) is 5.56. The van der Waals surface area contributed by atoms with Crippen molar-refractivity contribution in [1.82, 2.24) is 0 Å². The van der Waals surface area contributed by atoms with E-state index < -0.39 is 9.84 Å². The van der Waals surface area contributed by atoms with Crippen LogP contribution in [0.2, 0.25) is 0 Å². The molecule has 0 saturated carbocycles. The highest BCUT2D eigenvalue weighted by molar-refractivity contribution is 7.90. The molecule has 1 N–H and O–H groups in total. The third-order valence-electron chi connectivity index (χ3n) is 2.52. The minimum atomic E-state index is -3.22. The number of hydrogen-bond acceptors (Lipinski definition) is 4. The second-order valence-electron chi connectivity index (χ2n) is 3.57. The van der Waals surface area contributed by atoms with Crippen LogP contribution < -0.4 is 10.1 Å². The van der Waals surface area contributed by atoms with Gasteiger partial charge < -0.3 is 10.1 Å². The van der Waals surface area contributed by atoms with Crippen LogP contribution in [0, 0.1) is 0 Å². The highest BCUT2D eigenvalue weighted by atomic mass is 35.5. The van der Waals surface area contributed by atoms with E-state index in [2.05, 4.69) is 5.32 Å². The molecule has 0 spiro atoms. The second kappa shape index (κ2) is 4.51. The van der Waals surface area contributed by atoms with Crippen molar-refractivity contribution >= 4 is 27.9 Å². The van der Waals surface area contributed by atoms with Crippen molar-refractivity contribution in [1.29, 1.82) is 0 Å². The Morgan fingerprint density at radius 3 is 2.62 bits per heavy atom. The first-order chi connectivity index (χ1) is 7.04. The van der Waals surface area contributed by atoms with E-state index in [1.807, 2.05) is 0 Å². The summed E-state index contributed by atoms with van der Waals surface area (Å²) in [6.45, 7) is 0.832. The minimum Gasteiger partial charge on any atom is -0.495 e. The molecule has 0 amide bonds. The molecule has 0 unspecified atom stereocenters. The highest BCUT2D eigenvalue weighted by Crippen LogP contribution is 2.36. The number of rotatable bonds is 2. The normalized spacial score (nSPS) is 13.6. The van der Waals surface area contributed by atoms with E-state index in [0.29, 0.717) is 5.75 Å². The Balaban J connectivity index is 0.00000128. The van der Waals surface area contributed by atoms with Gasteiger partial charge in [0.25, 0.3) is 0 Å². The van der Waals surface area contributed by atoms with Gasteiger partial charge in [-0.1, -0.05) is 0 Å². The van der Waals surface area contributed by atoms with Gasteiger partial charge in [-0.3, -0.25) is 0 Å². The van der Waals surface area contributed by atoms with E-state index in [0.717, 1.165) is 24.2 Å². The summed E-state index contributed by atoms with van der Waals surface area (Å²) in [4.78, 5) is 0.271. The number of methoxy groups -OCH3 is 1. The summed E-state index contributed by atoms with van der Waals surface area (Å²) in [5.41, 5.74) is 1.93. The molecule has 2 rings (SSSR count). The molecule has 0 atom stereocenters. The topological polar surface area (TPSA) is 55.4 Å². The predicted octanol–water partition coefficient (Wildman–Crippen LogP) is 1.49. The van der Waals surface area contributed by atoms with Gasteiger partial charge in [-0.05, 0) is 18.6 Å². The summed E-state index contributed by atoms with van der Waals surface area (Å²) in [7, 11) is -1.72. The molecule has 1 aromatic carbocycles. The Morgan fingerprint density at radius 1 is 1.38 bits per heavy atom. The molecule has 0 radical (unpaired) electrons. The molecule has 90 valence electrons. The van der Waals surface area contributed by atoms with Gasteiger partial charge in [0.1, 0.15) is 10.6 Å². The minimum absolute atomic E-state index is 0. The zero-order chi connectivity index (χ0) is 11.1. The maximum atomic E-state index is 11.5. The molecule has 4 nitrogen and oxygen atoms in total. The lowest BCUT2D eigenvalue weighted by atomic mass is 10.1. The van der Waals surface area contributed by atoms with Crippen LogP contribution in [0.25, 0.3) is 0 Å². The molecule has 0 saturated heterocycles. The Hall–Kier alpha value is -0.940. The average Bonchev–Trinajstić information content (AvgIpc) is 2.61. The molecular weight excluding hydrogens is 250 g/mol. The van der Waals surface area contributed by atoms with Crippen molar-refractivity contribution in [2.45, 2.75) is 11.3 Å². The number of halogens is 1. The van der Waals surface area contributed by atoms with Gasteiger partial charge in [0, 0.05) is 24.1 Å². The van der Waals surface area contributed by atoms with Crippen molar-refractivity contribution < 1.29 is 13.2 Å². The molecule has 1 aliphatic heterocycles. The van der Waals surface area contributed by atoms with E-state index in [1.165, 1.54) is 13.4 Å². The Labute approximate surface area is 101 Å². The van der Waals surface area contributed by atoms with Gasteiger partial charge in [-0.15, -0.1) is 12.4 Å². The summed E-state index contributed by atoms with van der Waals surface area (Å²) in [5, 5.41) is 3.18. The molecule has 0 aliphatic carbocycles. The fourth-order valence-electron chi connectivity index (χ4n) is 1.86. The predicted molar refractivity (Wildman–Crippen MR) is 65.5 cm³/mol. The van der Waals surface area contributed by atoms with Gasteiger partial charge in [0.05, 0.1) is 7.11 Å². The monoisotopic (exact) mass is 263 g/mol. The lowest BCUT2D eigenvalue weighted by Gasteiger charge is -2.11. The van der Waals surface area contributed by atoms with Crippen LogP contribution in [0.15, 0.2) is 17.0 Å². The van der Waals surface area contributed by atoms with Crippen molar-refractivity contribution in [3.8, 4) is 5.75 Å². The van der Waals surface area contributed by atoms with Gasteiger partial charge in [-0.2, -0.15) is 0 Å². The molecule has 16 heavy (non-hydrogen) atoms. The lowest BCUT2D eigenvalue weighted by molar-refractivity contribution is 0.399. The number of anilines is 1. The molecular formula is C10H14ClNO3S. The van der Waals surface area contributed by atoms with Crippen LogP contribution in [0.1, 0.15) is 5.56 Å². The summed E-state index contributed by atoms with van der Waals surface area (Å²) in [6.07, 6.45) is 2.00. The molecule has 0 bridgehead atoms. The van der Waals surface area contributed by atoms with E-state index in [9.17, 15) is 8.42 Å². The van der Waals surface area contributed by atoms with Crippen LogP contribution in [0.4, 0.5) is 5.69 Å². The van der Waals surface area contributed by atoms with E-state index in [1.54, 1.807) is 12.1 Å². The van der Waals surface area contributed by atoms with Crippen molar-refractivity contribution in [2.24, 2.45) is 0 Å². The maximum absolute atomic E-state index is 11.5. The van der Waals surface area contributed by atoms with Gasteiger partial charge in [0.2, 0.25) is 0 Å². The standard InChI is InChI=1S/C10H13NO3S.ClH/c1-14-10-7-5-6-11-8(7)3-4-9(10)15(2,12)13;/h3-4,11H,5-6H2,1-2H3;1H. The molecule has 6 heteroatoms. The summed E-state index contributed by atoms with van der Waals surface area (Å²) in [5.74, 6) is 0.486. The first-order valence-corrected chi connectivity index (χ1v) is 6.57. The van der Waals surface area contributed by atoms with Crippen molar-refractivity contribution in [3.63, 3.8) is 0 Å². The fourth-order valence-corrected chi connectivity index (χ4v) is 2.72. The van der Waals surface area contributed by atoms with E-state index in [-0.39, 0.29) is 17.3 Å². The third kappa shape index (κ3) is 2.10. The number of ether oxygens (including phenoxy) is 1. The van der Waals surface area contributed by atoms with E-state index in [4.69, 9.17) is 4.74 Å². The SMILES string of the molecule is COc1c(S(C)(=O)=O)ccc2c1CCN2.Cl. The number of nitrogens with one attached hydrogen (secondary N) is 1. The Bertz CT molecular complexity index is 499. The molecule has 1 aromatic rings. The Morgan fingerprint density at radius 2 is 2.06 bits per heavy atom. The first-order valence-electron chi connectivity index (χ1n) is 4.68. The summed E-state index contributed by atoms with van der Waals surface area (Å²) in [6, 6.07) is 3.38. The zero-order valence-corrected chi connectivity index (χ0v) is 10.7. The van der Waals surface area contributed by atoms with E-state index >= 15 is 0 Å². The van der Waals surface area contributed by atoms with Crippen molar-refractivity contribution in [2.75, 3.05) is 25.2 Å². The molecule has 0 fully saturated rings. The van der Waals surface area contributed by atoms with Crippen LogP contribution in [-0.2, 0) is 16.3 Å². The third-order valence-corrected chi connectivity index (χ3v) is 3.64. The van der Waals surface area contributed by atoms with Gasteiger partial charge in [0.15, 0.2) is 9.84 Å². The number of fused-ring (bicyclic) bond motifs is 1. The Kier molecular flexibility index (Phi) is 3.70. The first kappa shape index (κ1) is 13.1. The smallest absolute Gasteiger partial charge is 0.179 e. The van der Waals surface area contributed by atoms with Crippen molar-refractivity contribution in [3.05, 3.63) is 17.7 Å². The lowest BCUT2D eigenvalue weighted by Crippen LogP contribution is -2.02. The quantitative estimate of drug-likeness (QED) is 0.878. The number of sulfone groups is 1.